The lowest BCUT2D eigenvalue weighted by Crippen LogP contribution is -2.40. The van der Waals surface area contributed by atoms with Crippen molar-refractivity contribution in [2.45, 2.75) is 76.0 Å². The van der Waals surface area contributed by atoms with Gasteiger partial charge in [-0.1, -0.05) is 19.3 Å². The van der Waals surface area contributed by atoms with Crippen LogP contribution in [0.1, 0.15) is 84.1 Å². The summed E-state index contributed by atoms with van der Waals surface area (Å²) in [5.41, 5.74) is -2.26. The predicted molar refractivity (Wildman–Crippen MR) is 143 cm³/mol. The molecule has 2 aliphatic rings. The number of halogens is 3. The number of benzene rings is 2. The molecule has 0 unspecified atom stereocenters. The molecular formula is C28H29F3N4O5. The van der Waals surface area contributed by atoms with E-state index in [1.807, 2.05) is 0 Å². The molecule has 2 aromatic carbocycles. The highest BCUT2D eigenvalue weighted by Gasteiger charge is 2.41. The normalized spacial score (nSPS) is 20.5. The van der Waals surface area contributed by atoms with Crippen molar-refractivity contribution in [3.05, 3.63) is 55.6 Å². The maximum atomic E-state index is 13.6. The molecule has 1 amide bonds. The molecule has 2 saturated carbocycles. The van der Waals surface area contributed by atoms with Crippen molar-refractivity contribution in [1.82, 2.24) is 15.6 Å². The number of hydrogen-bond donors (Lipinski definition) is 5. The van der Waals surface area contributed by atoms with E-state index in [9.17, 15) is 37.5 Å². The van der Waals surface area contributed by atoms with Gasteiger partial charge in [-0.15, -0.1) is 0 Å². The topological polar surface area (TPSA) is 152 Å². The molecule has 5 N–H and O–H groups in total. The number of amidine groups is 1. The maximum absolute atomic E-state index is 13.6. The van der Waals surface area contributed by atoms with Crippen LogP contribution in [0, 0.1) is 11.3 Å². The summed E-state index contributed by atoms with van der Waals surface area (Å²) in [7, 11) is 0. The van der Waals surface area contributed by atoms with E-state index in [4.69, 9.17) is 5.41 Å². The van der Waals surface area contributed by atoms with Gasteiger partial charge in [0.1, 0.15) is 5.84 Å². The minimum Gasteiger partial charge on any atom is -0.478 e. The van der Waals surface area contributed by atoms with Gasteiger partial charge < -0.3 is 15.7 Å². The molecule has 2 aliphatic carbocycles. The SMILES string of the molecule is N=C(NC1CCCCC1)c1c(C(=O)O)cc(C(=O)N[C@H]2CC[C@H](C(F)(F)F)CC2)c2c3ccc(c(=O)[nH]c3=O)c12. The molecule has 9 nitrogen and oxygen atoms in total. The van der Waals surface area contributed by atoms with E-state index in [2.05, 4.69) is 15.6 Å². The first-order chi connectivity index (χ1) is 19.0. The van der Waals surface area contributed by atoms with E-state index in [1.165, 1.54) is 12.1 Å². The Morgan fingerprint density at radius 3 is 2.00 bits per heavy atom. The number of aromatic amines is 1. The largest absolute Gasteiger partial charge is 0.478 e. The van der Waals surface area contributed by atoms with Crippen LogP contribution in [-0.4, -0.2) is 46.1 Å². The van der Waals surface area contributed by atoms with Gasteiger partial charge in [-0.2, -0.15) is 13.2 Å². The maximum Gasteiger partial charge on any atom is 0.391 e. The number of aromatic nitrogens is 1. The molecule has 0 spiro atoms. The number of rotatable bonds is 5. The third kappa shape index (κ3) is 5.14. The van der Waals surface area contributed by atoms with Crippen molar-refractivity contribution >= 4 is 39.3 Å². The van der Waals surface area contributed by atoms with Crippen molar-refractivity contribution < 1.29 is 27.9 Å². The zero-order chi connectivity index (χ0) is 28.8. The smallest absolute Gasteiger partial charge is 0.391 e. The van der Waals surface area contributed by atoms with Gasteiger partial charge in [-0.3, -0.25) is 24.8 Å². The molecule has 0 saturated heterocycles. The van der Waals surface area contributed by atoms with E-state index in [-0.39, 0.29) is 70.2 Å². The summed E-state index contributed by atoms with van der Waals surface area (Å²) in [6.45, 7) is 0. The molecule has 6 rings (SSSR count). The molecule has 2 fully saturated rings. The number of carbonyl (C=O) groups excluding carboxylic acids is 1. The third-order valence-electron chi connectivity index (χ3n) is 8.20. The minimum atomic E-state index is -4.31. The Morgan fingerprint density at radius 2 is 1.43 bits per heavy atom. The van der Waals surface area contributed by atoms with Gasteiger partial charge in [-0.05, 0) is 56.7 Å². The Balaban J connectivity index is 1.63. The lowest BCUT2D eigenvalue weighted by atomic mass is 9.85. The Morgan fingerprint density at radius 1 is 0.850 bits per heavy atom. The van der Waals surface area contributed by atoms with Crippen LogP contribution in [0.2, 0.25) is 0 Å². The first kappa shape index (κ1) is 27.6. The Labute approximate surface area is 226 Å². The minimum absolute atomic E-state index is 0.0000101. The van der Waals surface area contributed by atoms with Gasteiger partial charge in [0.25, 0.3) is 17.0 Å². The average molecular weight is 559 g/mol. The number of hydrogen-bond acceptors (Lipinski definition) is 5. The van der Waals surface area contributed by atoms with Crippen LogP contribution in [-0.2, 0) is 0 Å². The first-order valence-corrected chi connectivity index (χ1v) is 13.4. The van der Waals surface area contributed by atoms with E-state index < -0.39 is 46.7 Å². The molecule has 2 aromatic heterocycles. The first-order valence-electron chi connectivity index (χ1n) is 13.4. The molecule has 4 aromatic rings. The summed E-state index contributed by atoms with van der Waals surface area (Å²) in [5.74, 6) is -3.87. The number of fused-ring (bicyclic) bond motifs is 3. The summed E-state index contributed by atoms with van der Waals surface area (Å²) >= 11 is 0. The highest BCUT2D eigenvalue weighted by atomic mass is 19.4. The van der Waals surface area contributed by atoms with Crippen molar-refractivity contribution in [2.24, 2.45) is 5.92 Å². The van der Waals surface area contributed by atoms with E-state index in [0.717, 1.165) is 38.2 Å². The van der Waals surface area contributed by atoms with E-state index >= 15 is 0 Å². The summed E-state index contributed by atoms with van der Waals surface area (Å²) in [6.07, 6.45) is 0.112. The molecule has 212 valence electrons. The molecule has 2 heterocycles. The van der Waals surface area contributed by atoms with Gasteiger partial charge in [0, 0.05) is 44.8 Å². The Kier molecular flexibility index (Phi) is 7.28. The van der Waals surface area contributed by atoms with Crippen LogP contribution in [0.25, 0.3) is 21.5 Å². The second-order valence-corrected chi connectivity index (χ2v) is 10.8. The number of alkyl halides is 3. The van der Waals surface area contributed by atoms with E-state index in [0.29, 0.717) is 0 Å². The van der Waals surface area contributed by atoms with Crippen LogP contribution in [0.3, 0.4) is 0 Å². The van der Waals surface area contributed by atoms with Crippen LogP contribution < -0.4 is 21.8 Å². The summed E-state index contributed by atoms with van der Waals surface area (Å²) < 4.78 is 39.3. The monoisotopic (exact) mass is 558 g/mol. The predicted octanol–water partition coefficient (Wildman–Crippen LogP) is 4.28. The van der Waals surface area contributed by atoms with Crippen molar-refractivity contribution in [2.75, 3.05) is 0 Å². The molecule has 40 heavy (non-hydrogen) atoms. The summed E-state index contributed by atoms with van der Waals surface area (Å²) in [4.78, 5) is 54.1. The molecule has 2 bridgehead atoms. The van der Waals surface area contributed by atoms with Crippen molar-refractivity contribution in [3.63, 3.8) is 0 Å². The van der Waals surface area contributed by atoms with Gasteiger partial charge in [0.05, 0.1) is 11.5 Å². The quantitative estimate of drug-likeness (QED) is 0.233. The number of nitrogens with one attached hydrogen (secondary N) is 4. The molecule has 0 aliphatic heterocycles. The average Bonchev–Trinajstić information content (AvgIpc) is 3.11. The second kappa shape index (κ2) is 10.5. The van der Waals surface area contributed by atoms with Crippen LogP contribution in [0.4, 0.5) is 13.2 Å². The number of carbonyl (C=O) groups is 2. The van der Waals surface area contributed by atoms with Crippen molar-refractivity contribution in [3.8, 4) is 0 Å². The molecule has 0 radical (unpaired) electrons. The van der Waals surface area contributed by atoms with E-state index in [1.54, 1.807) is 0 Å². The Hall–Kier alpha value is -3.96. The lowest BCUT2D eigenvalue weighted by Gasteiger charge is -2.30. The second-order valence-electron chi connectivity index (χ2n) is 10.8. The molecule has 12 heteroatoms. The van der Waals surface area contributed by atoms with Crippen molar-refractivity contribution in [1.29, 1.82) is 5.41 Å². The number of H-pyrrole nitrogens is 1. The standard InChI is InChI=1S/C28H29F3N4O5/c29-28(30,31)13-6-8-15(9-7-13)34-26(38)18-12-19(27(39)40)22(23(32)33-14-4-2-1-3-5-14)21-17-11-10-16(20(18)21)24(36)35-25(17)37/h10-15H,1-9H2,(H2,32,33)(H,34,38)(H,39,40)(H,35,36,37)/t13-,15-. The molecular weight excluding hydrogens is 529 g/mol. The Bertz CT molecular complexity index is 1600. The summed E-state index contributed by atoms with van der Waals surface area (Å²) in [5, 5.41) is 24.7. The highest BCUT2D eigenvalue weighted by molar-refractivity contribution is 6.27. The van der Waals surface area contributed by atoms with Crippen LogP contribution in [0.15, 0.2) is 27.8 Å². The fourth-order valence-corrected chi connectivity index (χ4v) is 6.14. The van der Waals surface area contributed by atoms with Gasteiger partial charge in [-0.25, -0.2) is 4.79 Å². The number of carboxylic acids is 1. The van der Waals surface area contributed by atoms with Crippen LogP contribution in [0.5, 0.6) is 0 Å². The fourth-order valence-electron chi connectivity index (χ4n) is 6.14. The zero-order valence-electron chi connectivity index (χ0n) is 21.5. The number of carboxylic acid groups (broad SMARTS) is 1. The van der Waals surface area contributed by atoms with Gasteiger partial charge >= 0.3 is 12.1 Å². The van der Waals surface area contributed by atoms with Crippen LogP contribution >= 0.6 is 0 Å². The lowest BCUT2D eigenvalue weighted by molar-refractivity contribution is -0.182. The number of aromatic carboxylic acids is 1. The highest BCUT2D eigenvalue weighted by Crippen LogP contribution is 2.38. The van der Waals surface area contributed by atoms with Gasteiger partial charge in [0.2, 0.25) is 0 Å². The summed E-state index contributed by atoms with van der Waals surface area (Å²) in [6, 6.07) is 3.17. The third-order valence-corrected chi connectivity index (χ3v) is 8.20. The zero-order valence-corrected chi connectivity index (χ0v) is 21.5. The number of amides is 1. The van der Waals surface area contributed by atoms with Gasteiger partial charge in [0.15, 0.2) is 0 Å². The fraction of sp³-hybridized carbons (Fsp3) is 0.464. The molecule has 0 atom stereocenters.